The van der Waals surface area contributed by atoms with Crippen molar-refractivity contribution in [1.82, 2.24) is 13.9 Å². The average molecular weight is 334 g/mol. The van der Waals surface area contributed by atoms with Gasteiger partial charge in [-0.15, -0.1) is 0 Å². The van der Waals surface area contributed by atoms with Gasteiger partial charge in [0.1, 0.15) is 11.0 Å². The summed E-state index contributed by atoms with van der Waals surface area (Å²) < 4.78 is 26.4. The second-order valence-electron chi connectivity index (χ2n) is 5.43. The number of nitrogens with zero attached hydrogens (tertiary/aromatic N) is 3. The molecule has 0 aliphatic carbocycles. The molecule has 1 fully saturated rings. The van der Waals surface area contributed by atoms with E-state index in [-0.39, 0.29) is 16.6 Å². The first-order valence-corrected chi connectivity index (χ1v) is 9.25. The topological polar surface area (TPSA) is 72.3 Å². The number of aromatic nitrogens is 2. The Morgan fingerprint density at radius 1 is 1.48 bits per heavy atom. The van der Waals surface area contributed by atoms with E-state index in [1.807, 2.05) is 6.92 Å². The summed E-state index contributed by atoms with van der Waals surface area (Å²) in [5.74, 6) is 0.767. The third-order valence-electron chi connectivity index (χ3n) is 3.76. The molecule has 21 heavy (non-hydrogen) atoms. The van der Waals surface area contributed by atoms with Crippen LogP contribution >= 0.6 is 11.6 Å². The minimum Gasteiger partial charge on any atom is -0.296 e. The molecule has 1 saturated heterocycles. The molecule has 1 aromatic rings. The van der Waals surface area contributed by atoms with Gasteiger partial charge in [0.15, 0.2) is 0 Å². The van der Waals surface area contributed by atoms with E-state index in [0.29, 0.717) is 31.9 Å². The molecule has 0 saturated carbocycles. The van der Waals surface area contributed by atoms with Gasteiger partial charge in [0.25, 0.3) is 5.56 Å². The van der Waals surface area contributed by atoms with E-state index in [1.54, 1.807) is 4.57 Å². The molecule has 6 nitrogen and oxygen atoms in total. The van der Waals surface area contributed by atoms with Gasteiger partial charge in [-0.1, -0.05) is 18.5 Å². The van der Waals surface area contributed by atoms with Crippen LogP contribution in [0.15, 0.2) is 10.9 Å². The fraction of sp³-hybridized carbons (Fsp3) is 0.692. The lowest BCUT2D eigenvalue weighted by Crippen LogP contribution is -2.41. The highest BCUT2D eigenvalue weighted by Crippen LogP contribution is 2.20. The Kier molecular flexibility index (Phi) is 5.06. The summed E-state index contributed by atoms with van der Waals surface area (Å²) in [6.07, 6.45) is 3.56. The molecule has 1 atom stereocenters. The van der Waals surface area contributed by atoms with Gasteiger partial charge >= 0.3 is 0 Å². The lowest BCUT2D eigenvalue weighted by atomic mass is 9.99. The fourth-order valence-corrected chi connectivity index (χ4v) is 3.86. The Morgan fingerprint density at radius 3 is 2.81 bits per heavy atom. The van der Waals surface area contributed by atoms with Crippen molar-refractivity contribution < 1.29 is 8.42 Å². The smallest absolute Gasteiger partial charge is 0.254 e. The fourth-order valence-electron chi connectivity index (χ4n) is 2.72. The molecule has 2 heterocycles. The standard InChI is InChI=1S/C13H20ClN3O3S/c1-3-12-15-11(14)7-13(18)17(12)9-10-5-4-6-16(8-10)21(2,19)20/h7,10H,3-6,8-9H2,1-2H3. The van der Waals surface area contributed by atoms with Crippen molar-refractivity contribution in [1.29, 1.82) is 0 Å². The third kappa shape index (κ3) is 4.05. The first-order valence-electron chi connectivity index (χ1n) is 7.02. The Hall–Kier alpha value is -0.920. The van der Waals surface area contributed by atoms with Crippen LogP contribution in [-0.4, -0.2) is 41.6 Å². The molecule has 2 rings (SSSR count). The van der Waals surface area contributed by atoms with Crippen molar-refractivity contribution >= 4 is 21.6 Å². The van der Waals surface area contributed by atoms with Crippen LogP contribution in [0.5, 0.6) is 0 Å². The summed E-state index contributed by atoms with van der Waals surface area (Å²) in [5, 5.41) is 0.203. The summed E-state index contributed by atoms with van der Waals surface area (Å²) in [4.78, 5) is 16.3. The highest BCUT2D eigenvalue weighted by atomic mass is 35.5. The molecule has 1 aromatic heterocycles. The molecule has 0 radical (unpaired) electrons. The molecular formula is C13H20ClN3O3S. The van der Waals surface area contributed by atoms with Crippen molar-refractivity contribution in [2.24, 2.45) is 5.92 Å². The van der Waals surface area contributed by atoms with Crippen LogP contribution in [0.25, 0.3) is 0 Å². The van der Waals surface area contributed by atoms with Crippen molar-refractivity contribution in [3.8, 4) is 0 Å². The molecule has 0 N–H and O–H groups in total. The van der Waals surface area contributed by atoms with Crippen molar-refractivity contribution in [3.05, 3.63) is 27.4 Å². The Labute approximate surface area is 129 Å². The van der Waals surface area contributed by atoms with Gasteiger partial charge in [-0.25, -0.2) is 17.7 Å². The van der Waals surface area contributed by atoms with E-state index in [9.17, 15) is 13.2 Å². The zero-order valence-electron chi connectivity index (χ0n) is 12.2. The van der Waals surface area contributed by atoms with Crippen LogP contribution in [0.2, 0.25) is 5.15 Å². The van der Waals surface area contributed by atoms with Crippen LogP contribution in [0.1, 0.15) is 25.6 Å². The summed E-state index contributed by atoms with van der Waals surface area (Å²) in [7, 11) is -3.17. The first-order chi connectivity index (χ1) is 9.81. The zero-order chi connectivity index (χ0) is 15.6. The highest BCUT2D eigenvalue weighted by Gasteiger charge is 2.26. The molecule has 8 heteroatoms. The van der Waals surface area contributed by atoms with E-state index >= 15 is 0 Å². The van der Waals surface area contributed by atoms with Crippen LogP contribution in [0.3, 0.4) is 0 Å². The van der Waals surface area contributed by atoms with Gasteiger partial charge < -0.3 is 0 Å². The maximum Gasteiger partial charge on any atom is 0.254 e. The Balaban J connectivity index is 2.21. The van der Waals surface area contributed by atoms with Crippen molar-refractivity contribution in [3.63, 3.8) is 0 Å². The van der Waals surface area contributed by atoms with Crippen LogP contribution in [0.4, 0.5) is 0 Å². The summed E-state index contributed by atoms with van der Waals surface area (Å²) in [6.45, 7) is 3.41. The number of hydrogen-bond donors (Lipinski definition) is 0. The van der Waals surface area contributed by atoms with Gasteiger partial charge in [-0.3, -0.25) is 9.36 Å². The first kappa shape index (κ1) is 16.5. The molecule has 118 valence electrons. The van der Waals surface area contributed by atoms with Crippen LogP contribution in [-0.2, 0) is 23.0 Å². The number of hydrogen-bond acceptors (Lipinski definition) is 4. The average Bonchev–Trinajstić information content (AvgIpc) is 2.41. The number of piperidine rings is 1. The molecular weight excluding hydrogens is 314 g/mol. The Bertz CT molecular complexity index is 672. The molecule has 1 aliphatic rings. The molecule has 0 aromatic carbocycles. The third-order valence-corrected chi connectivity index (χ3v) is 5.23. The number of sulfonamides is 1. The van der Waals surface area contributed by atoms with E-state index in [4.69, 9.17) is 11.6 Å². The number of halogens is 1. The van der Waals surface area contributed by atoms with Crippen LogP contribution < -0.4 is 5.56 Å². The lowest BCUT2D eigenvalue weighted by molar-refractivity contribution is 0.242. The van der Waals surface area contributed by atoms with E-state index in [1.165, 1.54) is 16.6 Å². The van der Waals surface area contributed by atoms with Gasteiger partial charge in [-0.05, 0) is 18.8 Å². The molecule has 1 aliphatic heterocycles. The second-order valence-corrected chi connectivity index (χ2v) is 7.80. The Morgan fingerprint density at radius 2 is 2.19 bits per heavy atom. The normalized spacial score (nSPS) is 20.6. The van der Waals surface area contributed by atoms with Crippen molar-refractivity contribution in [2.75, 3.05) is 19.3 Å². The van der Waals surface area contributed by atoms with Crippen LogP contribution in [0, 0.1) is 5.92 Å². The minimum absolute atomic E-state index is 0.124. The van der Waals surface area contributed by atoms with Crippen molar-refractivity contribution in [2.45, 2.75) is 32.7 Å². The quantitative estimate of drug-likeness (QED) is 0.774. The van der Waals surface area contributed by atoms with Gasteiger partial charge in [0.05, 0.1) is 6.26 Å². The molecule has 0 bridgehead atoms. The number of rotatable bonds is 4. The maximum atomic E-state index is 12.1. The van der Waals surface area contributed by atoms with Gasteiger partial charge in [0, 0.05) is 32.1 Å². The number of aryl methyl sites for hydroxylation is 1. The summed E-state index contributed by atoms with van der Waals surface area (Å²) in [6, 6.07) is 1.30. The lowest BCUT2D eigenvalue weighted by Gasteiger charge is -2.31. The summed E-state index contributed by atoms with van der Waals surface area (Å²) in [5.41, 5.74) is -0.177. The zero-order valence-corrected chi connectivity index (χ0v) is 13.8. The second kappa shape index (κ2) is 6.46. The molecule has 0 amide bonds. The van der Waals surface area contributed by atoms with Gasteiger partial charge in [-0.2, -0.15) is 0 Å². The van der Waals surface area contributed by atoms with E-state index in [0.717, 1.165) is 12.8 Å². The van der Waals surface area contributed by atoms with E-state index < -0.39 is 10.0 Å². The summed E-state index contributed by atoms with van der Waals surface area (Å²) >= 11 is 5.81. The molecule has 0 spiro atoms. The predicted molar refractivity (Wildman–Crippen MR) is 82.0 cm³/mol. The highest BCUT2D eigenvalue weighted by molar-refractivity contribution is 7.88. The van der Waals surface area contributed by atoms with Gasteiger partial charge in [0.2, 0.25) is 10.0 Å². The largest absolute Gasteiger partial charge is 0.296 e. The van der Waals surface area contributed by atoms with E-state index in [2.05, 4.69) is 4.98 Å². The molecule has 1 unspecified atom stereocenters. The monoisotopic (exact) mass is 333 g/mol. The maximum absolute atomic E-state index is 12.1. The predicted octanol–water partition coefficient (Wildman–Crippen LogP) is 1.13. The SMILES string of the molecule is CCc1nc(Cl)cc(=O)n1CC1CCCN(S(C)(=O)=O)C1. The minimum atomic E-state index is -3.17.